The van der Waals surface area contributed by atoms with Gasteiger partial charge in [0.25, 0.3) is 0 Å². The van der Waals surface area contributed by atoms with Crippen molar-refractivity contribution in [2.45, 2.75) is 77.9 Å². The van der Waals surface area contributed by atoms with Gasteiger partial charge in [-0.2, -0.15) is 0 Å². The number of nitrogens with one attached hydrogen (secondary N) is 2. The third kappa shape index (κ3) is 7.16. The molecule has 0 aliphatic carbocycles. The molecule has 1 aromatic carbocycles. The highest BCUT2D eigenvalue weighted by Gasteiger charge is 2.32. The highest BCUT2D eigenvalue weighted by atomic mass is 16.5. The van der Waals surface area contributed by atoms with Gasteiger partial charge in [-0.05, 0) is 56.9 Å². The van der Waals surface area contributed by atoms with Gasteiger partial charge in [0, 0.05) is 69.0 Å². The quantitative estimate of drug-likeness (QED) is 0.467. The third-order valence-corrected chi connectivity index (χ3v) is 8.61. The molecule has 2 aromatic rings. The van der Waals surface area contributed by atoms with Gasteiger partial charge in [0.05, 0.1) is 24.9 Å². The summed E-state index contributed by atoms with van der Waals surface area (Å²) in [5, 5.41) is 5.84. The van der Waals surface area contributed by atoms with Crippen LogP contribution in [0.3, 0.4) is 0 Å². The van der Waals surface area contributed by atoms with E-state index in [1.165, 1.54) is 5.56 Å². The molecule has 222 valence electrons. The number of likely N-dealkylation sites (tertiary alicyclic amines) is 1. The second-order valence-electron chi connectivity index (χ2n) is 11.5. The molecular formula is C31H45N7O3. The van der Waals surface area contributed by atoms with Crippen LogP contribution in [0.25, 0.3) is 11.4 Å². The van der Waals surface area contributed by atoms with E-state index in [1.54, 1.807) is 6.92 Å². The van der Waals surface area contributed by atoms with Crippen LogP contribution in [0.15, 0.2) is 24.3 Å². The standard InChI is InChI=1S/C31H45N7O3/c1-4-5-6-14-32-31(40)33-25-9-7-24(8-10-25)29-34-28-20-37(26-11-15-36(16-12-26)23(3)39)17-13-27(28)30(35-29)38-18-19-41-21-22(38)2/h7-10,22,26H,4-6,11-21H2,1-3H3,(H2,32,33,40). The smallest absolute Gasteiger partial charge is 0.319 e. The molecule has 1 atom stereocenters. The van der Waals surface area contributed by atoms with Crippen molar-refractivity contribution >= 4 is 23.4 Å². The zero-order valence-electron chi connectivity index (χ0n) is 24.8. The van der Waals surface area contributed by atoms with Crippen molar-refractivity contribution < 1.29 is 14.3 Å². The lowest BCUT2D eigenvalue weighted by Crippen LogP contribution is -2.48. The van der Waals surface area contributed by atoms with E-state index < -0.39 is 0 Å². The lowest BCUT2D eigenvalue weighted by atomic mass is 9.97. The number of ether oxygens (including phenoxy) is 1. The van der Waals surface area contributed by atoms with E-state index in [0.717, 1.165) is 94.0 Å². The van der Waals surface area contributed by atoms with Crippen LogP contribution in [0.1, 0.15) is 64.1 Å². The summed E-state index contributed by atoms with van der Waals surface area (Å²) in [6.45, 7) is 12.3. The summed E-state index contributed by atoms with van der Waals surface area (Å²) in [6.07, 6.45) is 6.13. The summed E-state index contributed by atoms with van der Waals surface area (Å²) < 4.78 is 5.73. The van der Waals surface area contributed by atoms with Crippen LogP contribution in [0.5, 0.6) is 0 Å². The van der Waals surface area contributed by atoms with Crippen molar-refractivity contribution in [3.05, 3.63) is 35.5 Å². The topological polar surface area (TPSA) is 103 Å². The van der Waals surface area contributed by atoms with Crippen LogP contribution in [0, 0.1) is 0 Å². The normalized spacial score (nSPS) is 20.0. The predicted molar refractivity (Wildman–Crippen MR) is 161 cm³/mol. The molecule has 3 aliphatic heterocycles. The Morgan fingerprint density at radius 2 is 1.83 bits per heavy atom. The number of rotatable bonds is 8. The first-order valence-corrected chi connectivity index (χ1v) is 15.3. The number of unbranched alkanes of at least 4 members (excludes halogenated alkanes) is 2. The Kier molecular flexibility index (Phi) is 9.72. The number of urea groups is 1. The van der Waals surface area contributed by atoms with Crippen molar-refractivity contribution in [3.63, 3.8) is 0 Å². The number of benzene rings is 1. The van der Waals surface area contributed by atoms with Crippen molar-refractivity contribution in [1.82, 2.24) is 25.1 Å². The Labute approximate surface area is 243 Å². The first-order chi connectivity index (χ1) is 19.9. The Bertz CT molecular complexity index is 1200. The van der Waals surface area contributed by atoms with E-state index >= 15 is 0 Å². The van der Waals surface area contributed by atoms with Crippen molar-refractivity contribution in [1.29, 1.82) is 0 Å². The summed E-state index contributed by atoms with van der Waals surface area (Å²) in [4.78, 5) is 41.3. The van der Waals surface area contributed by atoms with E-state index in [0.29, 0.717) is 31.6 Å². The maximum absolute atomic E-state index is 12.3. The molecule has 41 heavy (non-hydrogen) atoms. The number of amides is 3. The van der Waals surface area contributed by atoms with Crippen LogP contribution in [0.2, 0.25) is 0 Å². The average Bonchev–Trinajstić information content (AvgIpc) is 2.99. The van der Waals surface area contributed by atoms with Gasteiger partial charge in [-0.1, -0.05) is 19.8 Å². The first-order valence-electron chi connectivity index (χ1n) is 15.3. The van der Waals surface area contributed by atoms with Gasteiger partial charge >= 0.3 is 6.03 Å². The van der Waals surface area contributed by atoms with Crippen molar-refractivity contribution in [2.75, 3.05) is 56.2 Å². The minimum absolute atomic E-state index is 0.169. The van der Waals surface area contributed by atoms with Gasteiger partial charge in [0.15, 0.2) is 5.82 Å². The maximum Gasteiger partial charge on any atom is 0.319 e. The molecule has 3 aliphatic rings. The monoisotopic (exact) mass is 563 g/mol. The van der Waals surface area contributed by atoms with Crippen molar-refractivity contribution in [2.24, 2.45) is 0 Å². The van der Waals surface area contributed by atoms with Gasteiger partial charge in [-0.15, -0.1) is 0 Å². The van der Waals surface area contributed by atoms with Crippen LogP contribution in [0.4, 0.5) is 16.3 Å². The molecule has 0 bridgehead atoms. The molecule has 10 heteroatoms. The number of fused-ring (bicyclic) bond motifs is 1. The summed E-state index contributed by atoms with van der Waals surface area (Å²) in [6, 6.07) is 8.31. The SMILES string of the molecule is CCCCCNC(=O)Nc1ccc(-c2nc3c(c(N4CCOCC4C)n2)CCN(C2CCN(C(C)=O)CC2)C3)cc1. The second-order valence-corrected chi connectivity index (χ2v) is 11.5. The van der Waals surface area contributed by atoms with E-state index in [9.17, 15) is 9.59 Å². The number of carbonyl (C=O) groups is 2. The number of hydrogen-bond acceptors (Lipinski definition) is 7. The molecule has 2 saturated heterocycles. The minimum atomic E-state index is -0.184. The molecule has 3 amide bonds. The predicted octanol–water partition coefficient (Wildman–Crippen LogP) is 4.05. The summed E-state index contributed by atoms with van der Waals surface area (Å²) in [5.41, 5.74) is 4.01. The minimum Gasteiger partial charge on any atom is -0.377 e. The fraction of sp³-hybridized carbons (Fsp3) is 0.613. The first kappa shape index (κ1) is 29.3. The molecule has 5 rings (SSSR count). The Morgan fingerprint density at radius 3 is 2.54 bits per heavy atom. The number of hydrogen-bond donors (Lipinski definition) is 2. The number of piperidine rings is 1. The van der Waals surface area contributed by atoms with Crippen LogP contribution < -0.4 is 15.5 Å². The highest BCUT2D eigenvalue weighted by Crippen LogP contribution is 2.33. The molecule has 10 nitrogen and oxygen atoms in total. The van der Waals surface area contributed by atoms with Gasteiger partial charge in [-0.3, -0.25) is 9.69 Å². The van der Waals surface area contributed by atoms with Gasteiger partial charge in [0.2, 0.25) is 5.91 Å². The second kappa shape index (κ2) is 13.6. The van der Waals surface area contributed by atoms with E-state index in [1.807, 2.05) is 29.2 Å². The molecule has 2 N–H and O–H groups in total. The largest absolute Gasteiger partial charge is 0.377 e. The van der Waals surface area contributed by atoms with E-state index in [2.05, 4.69) is 34.3 Å². The Hall–Kier alpha value is -3.24. The summed E-state index contributed by atoms with van der Waals surface area (Å²) in [7, 11) is 0. The van der Waals surface area contributed by atoms with E-state index in [4.69, 9.17) is 14.7 Å². The average molecular weight is 564 g/mol. The number of carbonyl (C=O) groups excluding carboxylic acids is 2. The molecule has 0 spiro atoms. The maximum atomic E-state index is 12.3. The lowest BCUT2D eigenvalue weighted by Gasteiger charge is -2.41. The fourth-order valence-corrected chi connectivity index (χ4v) is 6.15. The van der Waals surface area contributed by atoms with Gasteiger partial charge in [0.1, 0.15) is 5.82 Å². The van der Waals surface area contributed by atoms with Crippen molar-refractivity contribution in [3.8, 4) is 11.4 Å². The number of aromatic nitrogens is 2. The zero-order chi connectivity index (χ0) is 28.8. The lowest BCUT2D eigenvalue weighted by molar-refractivity contribution is -0.130. The third-order valence-electron chi connectivity index (χ3n) is 8.61. The Balaban J connectivity index is 1.35. The number of nitrogens with zero attached hydrogens (tertiary/aromatic N) is 5. The van der Waals surface area contributed by atoms with Gasteiger partial charge < -0.3 is 25.2 Å². The molecule has 1 unspecified atom stereocenters. The molecule has 0 saturated carbocycles. The summed E-state index contributed by atoms with van der Waals surface area (Å²) in [5.74, 6) is 1.91. The summed E-state index contributed by atoms with van der Waals surface area (Å²) >= 11 is 0. The fourth-order valence-electron chi connectivity index (χ4n) is 6.15. The number of anilines is 2. The van der Waals surface area contributed by atoms with E-state index in [-0.39, 0.29) is 18.0 Å². The van der Waals surface area contributed by atoms with Crippen LogP contribution in [-0.2, 0) is 22.5 Å². The molecule has 0 radical (unpaired) electrons. The molecule has 4 heterocycles. The van der Waals surface area contributed by atoms with Crippen LogP contribution in [-0.4, -0.2) is 89.7 Å². The number of morpholine rings is 1. The molecule has 2 fully saturated rings. The Morgan fingerprint density at radius 1 is 1.05 bits per heavy atom. The molecule has 1 aromatic heterocycles. The van der Waals surface area contributed by atoms with Crippen LogP contribution >= 0.6 is 0 Å². The highest BCUT2D eigenvalue weighted by molar-refractivity contribution is 5.89. The zero-order valence-corrected chi connectivity index (χ0v) is 24.8. The van der Waals surface area contributed by atoms with Gasteiger partial charge in [-0.25, -0.2) is 14.8 Å². The molecular weight excluding hydrogens is 518 g/mol.